The largest absolute Gasteiger partial charge is 0.454 e. The fourth-order valence-electron chi connectivity index (χ4n) is 1.80. The molecule has 0 saturated carbocycles. The fourth-order valence-corrected chi connectivity index (χ4v) is 1.80. The Balaban J connectivity index is 1.77. The summed E-state index contributed by atoms with van der Waals surface area (Å²) in [7, 11) is 0. The van der Waals surface area contributed by atoms with Crippen LogP contribution < -0.4 is 9.47 Å². The van der Waals surface area contributed by atoms with Gasteiger partial charge in [-0.1, -0.05) is 17.3 Å². The van der Waals surface area contributed by atoms with E-state index in [0.29, 0.717) is 24.6 Å². The van der Waals surface area contributed by atoms with Crippen molar-refractivity contribution < 1.29 is 14.0 Å². The summed E-state index contributed by atoms with van der Waals surface area (Å²) in [4.78, 5) is 4.27. The molecular weight excluding hydrogens is 232 g/mol. The molecule has 0 amide bonds. The highest BCUT2D eigenvalue weighted by Crippen LogP contribution is 2.32. The van der Waals surface area contributed by atoms with E-state index in [1.165, 1.54) is 0 Å². The van der Waals surface area contributed by atoms with Gasteiger partial charge in [0.05, 0.1) is 0 Å². The lowest BCUT2D eigenvalue weighted by molar-refractivity contribution is 0.174. The highest BCUT2D eigenvalue weighted by Gasteiger charge is 2.14. The Morgan fingerprint density at radius 1 is 1.28 bits per heavy atom. The van der Waals surface area contributed by atoms with E-state index in [4.69, 9.17) is 14.0 Å². The first-order valence-corrected chi connectivity index (χ1v) is 5.66. The summed E-state index contributed by atoms with van der Waals surface area (Å²) < 4.78 is 15.7. The minimum Gasteiger partial charge on any atom is -0.454 e. The van der Waals surface area contributed by atoms with Crippen LogP contribution in [0.5, 0.6) is 11.5 Å². The smallest absolute Gasteiger partial charge is 0.231 e. The van der Waals surface area contributed by atoms with Crippen LogP contribution in [-0.4, -0.2) is 16.9 Å². The zero-order chi connectivity index (χ0) is 12.4. The molecule has 0 fully saturated rings. The van der Waals surface area contributed by atoms with E-state index in [1.807, 2.05) is 18.2 Å². The Bertz CT molecular complexity index is 577. The molecule has 18 heavy (non-hydrogen) atoms. The van der Waals surface area contributed by atoms with Gasteiger partial charge in [0, 0.05) is 12.8 Å². The molecule has 1 aliphatic rings. The normalized spacial score (nSPS) is 12.7. The van der Waals surface area contributed by atoms with E-state index in [9.17, 15) is 0 Å². The van der Waals surface area contributed by atoms with Crippen LogP contribution in [0.3, 0.4) is 0 Å². The Hall–Kier alpha value is -2.30. The average Bonchev–Trinajstić information content (AvgIpc) is 2.98. The molecule has 0 atom stereocenters. The van der Waals surface area contributed by atoms with Crippen LogP contribution in [0.25, 0.3) is 0 Å². The zero-order valence-electron chi connectivity index (χ0n) is 9.76. The lowest BCUT2D eigenvalue weighted by Gasteiger charge is -1.99. The molecule has 0 N–H and O–H groups in total. The Morgan fingerprint density at radius 3 is 3.06 bits per heavy atom. The van der Waals surface area contributed by atoms with Crippen LogP contribution in [0, 0.1) is 0 Å². The second-order valence-electron chi connectivity index (χ2n) is 3.96. The van der Waals surface area contributed by atoms with Gasteiger partial charge in [0.1, 0.15) is 0 Å². The number of hydrogen-bond donors (Lipinski definition) is 0. The number of allylic oxidation sites excluding steroid dienone is 1. The van der Waals surface area contributed by atoms with Gasteiger partial charge in [-0.25, -0.2) is 0 Å². The van der Waals surface area contributed by atoms with Gasteiger partial charge in [0.25, 0.3) is 0 Å². The van der Waals surface area contributed by atoms with Gasteiger partial charge in [-0.05, 0) is 17.7 Å². The summed E-state index contributed by atoms with van der Waals surface area (Å²) in [5.74, 6) is 2.79. The molecule has 1 aliphatic heterocycles. The number of ether oxygens (including phenoxy) is 2. The molecule has 0 saturated heterocycles. The molecule has 2 heterocycles. The van der Waals surface area contributed by atoms with Crippen molar-refractivity contribution >= 4 is 0 Å². The van der Waals surface area contributed by atoms with Gasteiger partial charge in [0.2, 0.25) is 12.7 Å². The Labute approximate surface area is 104 Å². The molecule has 0 unspecified atom stereocenters. The lowest BCUT2D eigenvalue weighted by atomic mass is 10.1. The lowest BCUT2D eigenvalue weighted by Crippen LogP contribution is -1.93. The van der Waals surface area contributed by atoms with Crippen LogP contribution >= 0.6 is 0 Å². The van der Waals surface area contributed by atoms with E-state index in [-0.39, 0.29) is 6.79 Å². The van der Waals surface area contributed by atoms with E-state index in [0.717, 1.165) is 17.1 Å². The van der Waals surface area contributed by atoms with E-state index in [1.54, 1.807) is 6.08 Å². The van der Waals surface area contributed by atoms with Gasteiger partial charge in [-0.15, -0.1) is 6.58 Å². The first-order valence-electron chi connectivity index (χ1n) is 5.66. The van der Waals surface area contributed by atoms with Crippen molar-refractivity contribution in [2.45, 2.75) is 12.8 Å². The minimum absolute atomic E-state index is 0.282. The van der Waals surface area contributed by atoms with Crippen molar-refractivity contribution in [1.82, 2.24) is 10.1 Å². The summed E-state index contributed by atoms with van der Waals surface area (Å²) >= 11 is 0. The predicted octanol–water partition coefficient (Wildman–Crippen LogP) is 2.12. The fraction of sp³-hybridized carbons (Fsp3) is 0.231. The predicted molar refractivity (Wildman–Crippen MR) is 63.6 cm³/mol. The monoisotopic (exact) mass is 244 g/mol. The SMILES string of the molecule is C=CCc1nc(Cc2ccc3c(c2)OCO3)no1. The number of hydrogen-bond acceptors (Lipinski definition) is 5. The van der Waals surface area contributed by atoms with Gasteiger partial charge in [-0.2, -0.15) is 4.98 Å². The first kappa shape index (κ1) is 10.8. The summed E-state index contributed by atoms with van der Waals surface area (Å²) in [6.45, 7) is 3.91. The maximum Gasteiger partial charge on any atom is 0.231 e. The summed E-state index contributed by atoms with van der Waals surface area (Å²) in [6, 6.07) is 5.80. The second kappa shape index (κ2) is 4.52. The van der Waals surface area contributed by atoms with Gasteiger partial charge in [0.15, 0.2) is 17.3 Å². The third kappa shape index (κ3) is 2.07. The topological polar surface area (TPSA) is 57.4 Å². The molecule has 0 spiro atoms. The third-order valence-corrected chi connectivity index (χ3v) is 2.63. The molecule has 5 heteroatoms. The quantitative estimate of drug-likeness (QED) is 0.771. The highest BCUT2D eigenvalue weighted by molar-refractivity contribution is 5.45. The number of rotatable bonds is 4. The van der Waals surface area contributed by atoms with Crippen LogP contribution in [0.15, 0.2) is 35.4 Å². The first-order chi connectivity index (χ1) is 8.85. The Kier molecular flexibility index (Phi) is 2.72. The van der Waals surface area contributed by atoms with Crippen LogP contribution in [-0.2, 0) is 12.8 Å². The standard InChI is InChI=1S/C13H12N2O3/c1-2-3-13-14-12(15-18-13)7-9-4-5-10-11(6-9)17-8-16-10/h2,4-6H,1,3,7-8H2. The van der Waals surface area contributed by atoms with E-state index in [2.05, 4.69) is 16.7 Å². The zero-order valence-corrected chi connectivity index (χ0v) is 9.76. The van der Waals surface area contributed by atoms with Crippen molar-refractivity contribution in [2.75, 3.05) is 6.79 Å². The average molecular weight is 244 g/mol. The van der Waals surface area contributed by atoms with E-state index < -0.39 is 0 Å². The molecule has 92 valence electrons. The van der Waals surface area contributed by atoms with Crippen LogP contribution in [0.2, 0.25) is 0 Å². The molecule has 5 nitrogen and oxygen atoms in total. The summed E-state index contributed by atoms with van der Waals surface area (Å²) in [5, 5.41) is 3.92. The number of aromatic nitrogens is 2. The number of nitrogens with zero attached hydrogens (tertiary/aromatic N) is 2. The summed E-state index contributed by atoms with van der Waals surface area (Å²) in [6.07, 6.45) is 2.93. The molecular formula is C13H12N2O3. The van der Waals surface area contributed by atoms with Crippen LogP contribution in [0.1, 0.15) is 17.3 Å². The second-order valence-corrected chi connectivity index (χ2v) is 3.96. The number of benzene rings is 1. The molecule has 0 bridgehead atoms. The number of fused-ring (bicyclic) bond motifs is 1. The molecule has 3 rings (SSSR count). The molecule has 2 aromatic rings. The maximum atomic E-state index is 5.32. The molecule has 1 aromatic carbocycles. The highest BCUT2D eigenvalue weighted by atomic mass is 16.7. The van der Waals surface area contributed by atoms with Gasteiger partial charge >= 0.3 is 0 Å². The maximum absolute atomic E-state index is 5.32. The van der Waals surface area contributed by atoms with Crippen molar-refractivity contribution in [3.8, 4) is 11.5 Å². The van der Waals surface area contributed by atoms with Crippen molar-refractivity contribution in [2.24, 2.45) is 0 Å². The Morgan fingerprint density at radius 2 is 2.17 bits per heavy atom. The van der Waals surface area contributed by atoms with Crippen molar-refractivity contribution in [3.05, 3.63) is 48.1 Å². The van der Waals surface area contributed by atoms with Gasteiger partial charge < -0.3 is 14.0 Å². The summed E-state index contributed by atoms with van der Waals surface area (Å²) in [5.41, 5.74) is 1.06. The molecule has 1 aromatic heterocycles. The van der Waals surface area contributed by atoms with Crippen molar-refractivity contribution in [1.29, 1.82) is 0 Å². The molecule has 0 aliphatic carbocycles. The van der Waals surface area contributed by atoms with Crippen LogP contribution in [0.4, 0.5) is 0 Å². The minimum atomic E-state index is 0.282. The van der Waals surface area contributed by atoms with E-state index >= 15 is 0 Å². The molecule has 0 radical (unpaired) electrons. The van der Waals surface area contributed by atoms with Gasteiger partial charge in [-0.3, -0.25) is 0 Å². The third-order valence-electron chi connectivity index (χ3n) is 2.63. The van der Waals surface area contributed by atoms with Crippen molar-refractivity contribution in [3.63, 3.8) is 0 Å².